The van der Waals surface area contributed by atoms with Gasteiger partial charge >= 0.3 is 0 Å². The highest BCUT2D eigenvalue weighted by molar-refractivity contribution is 7.89. The van der Waals surface area contributed by atoms with Gasteiger partial charge in [0.25, 0.3) is 0 Å². The molecule has 0 amide bonds. The van der Waals surface area contributed by atoms with Gasteiger partial charge in [-0.3, -0.25) is 0 Å². The van der Waals surface area contributed by atoms with E-state index in [4.69, 9.17) is 16.3 Å². The summed E-state index contributed by atoms with van der Waals surface area (Å²) < 4.78 is 34.8. The van der Waals surface area contributed by atoms with Crippen LogP contribution >= 0.6 is 11.6 Å². The Labute approximate surface area is 150 Å². The lowest BCUT2D eigenvalue weighted by Crippen LogP contribution is -2.25. The number of sulfonamides is 1. The zero-order valence-corrected chi connectivity index (χ0v) is 15.3. The molecule has 0 saturated heterocycles. The number of aromatic nitrogens is 3. The molecule has 0 fully saturated rings. The van der Waals surface area contributed by atoms with E-state index in [1.165, 1.54) is 19.2 Å². The molecule has 3 rings (SSSR count). The average molecular weight is 381 g/mol. The Balaban J connectivity index is 1.92. The molecular formula is C16H17ClN4O3S. The van der Waals surface area contributed by atoms with Crippen LogP contribution in [0.3, 0.4) is 0 Å². The molecule has 0 saturated carbocycles. The number of fused-ring (bicyclic) bond motifs is 1. The Hall–Kier alpha value is -2.16. The van der Waals surface area contributed by atoms with Crippen molar-refractivity contribution in [3.8, 4) is 5.75 Å². The molecule has 0 atom stereocenters. The third-order valence-electron chi connectivity index (χ3n) is 3.73. The number of benzene rings is 1. The average Bonchev–Trinajstić information content (AvgIpc) is 2.97. The number of nitrogens with one attached hydrogen (secondary N) is 1. The number of hydrogen-bond donors (Lipinski definition) is 1. The second kappa shape index (κ2) is 6.99. The summed E-state index contributed by atoms with van der Waals surface area (Å²) in [6.07, 6.45) is 1.68. The summed E-state index contributed by atoms with van der Waals surface area (Å²) >= 11 is 5.93. The summed E-state index contributed by atoms with van der Waals surface area (Å²) in [5.74, 6) is 0.809. The lowest BCUT2D eigenvalue weighted by molar-refractivity contribution is 0.402. The van der Waals surface area contributed by atoms with Crippen LogP contribution in [0.15, 0.2) is 41.4 Å². The van der Waals surface area contributed by atoms with E-state index < -0.39 is 10.0 Å². The highest BCUT2D eigenvalue weighted by Gasteiger charge is 2.21. The first-order valence-electron chi connectivity index (χ1n) is 7.59. The summed E-state index contributed by atoms with van der Waals surface area (Å²) in [7, 11) is -2.41. The van der Waals surface area contributed by atoms with Crippen LogP contribution < -0.4 is 9.46 Å². The monoisotopic (exact) mass is 380 g/mol. The topological polar surface area (TPSA) is 86.1 Å². The SMILES string of the molecule is CCn1c(CNS(=O)(=O)c2cc(Cl)ccc2OC)nc2cccnc21. The van der Waals surface area contributed by atoms with Crippen LogP contribution in [0.25, 0.3) is 11.2 Å². The number of rotatable bonds is 6. The van der Waals surface area contributed by atoms with E-state index in [0.717, 1.165) is 11.2 Å². The minimum absolute atomic E-state index is 0.0141. The largest absolute Gasteiger partial charge is 0.495 e. The third kappa shape index (κ3) is 3.46. The second-order valence-corrected chi connectivity index (χ2v) is 7.41. The van der Waals surface area contributed by atoms with Gasteiger partial charge in [0.2, 0.25) is 10.0 Å². The fourth-order valence-corrected chi connectivity index (χ4v) is 3.98. The smallest absolute Gasteiger partial charge is 0.244 e. The highest BCUT2D eigenvalue weighted by Crippen LogP contribution is 2.27. The molecular weight excluding hydrogens is 364 g/mol. The molecule has 132 valence electrons. The fourth-order valence-electron chi connectivity index (χ4n) is 2.57. The standard InChI is InChI=1S/C16H17ClN4O3S/c1-3-21-15(20-12-5-4-8-18-16(12)21)10-19-25(22,23)14-9-11(17)6-7-13(14)24-2/h4-9,19H,3,10H2,1-2H3. The van der Waals surface area contributed by atoms with Crippen molar-refractivity contribution in [3.05, 3.63) is 47.4 Å². The maximum Gasteiger partial charge on any atom is 0.244 e. The molecule has 2 heterocycles. The molecule has 0 aliphatic rings. The van der Waals surface area contributed by atoms with E-state index in [0.29, 0.717) is 17.4 Å². The first-order valence-corrected chi connectivity index (χ1v) is 9.45. The molecule has 2 aromatic heterocycles. The highest BCUT2D eigenvalue weighted by atomic mass is 35.5. The molecule has 7 nitrogen and oxygen atoms in total. The normalized spacial score (nSPS) is 11.8. The molecule has 0 spiro atoms. The number of ether oxygens (including phenoxy) is 1. The van der Waals surface area contributed by atoms with Gasteiger partial charge in [0, 0.05) is 17.8 Å². The zero-order valence-electron chi connectivity index (χ0n) is 13.7. The number of hydrogen-bond acceptors (Lipinski definition) is 5. The Morgan fingerprint density at radius 3 is 2.84 bits per heavy atom. The van der Waals surface area contributed by atoms with E-state index in [1.54, 1.807) is 18.3 Å². The van der Waals surface area contributed by atoms with Gasteiger partial charge in [-0.25, -0.2) is 23.1 Å². The first-order chi connectivity index (χ1) is 12.0. The van der Waals surface area contributed by atoms with Crippen LogP contribution in [0.4, 0.5) is 0 Å². The molecule has 25 heavy (non-hydrogen) atoms. The first kappa shape index (κ1) is 17.7. The van der Waals surface area contributed by atoms with E-state index in [9.17, 15) is 8.42 Å². The van der Waals surface area contributed by atoms with Gasteiger partial charge in [0.15, 0.2) is 5.65 Å². The van der Waals surface area contributed by atoms with E-state index in [-0.39, 0.29) is 17.2 Å². The Kier molecular flexibility index (Phi) is 4.94. The van der Waals surface area contributed by atoms with Crippen molar-refractivity contribution in [3.63, 3.8) is 0 Å². The molecule has 1 N–H and O–H groups in total. The summed E-state index contributed by atoms with van der Waals surface area (Å²) in [6.45, 7) is 2.61. The molecule has 0 aliphatic heterocycles. The Bertz CT molecular complexity index is 1020. The molecule has 0 bridgehead atoms. The maximum absolute atomic E-state index is 12.6. The lowest BCUT2D eigenvalue weighted by atomic mass is 10.3. The maximum atomic E-state index is 12.6. The van der Waals surface area contributed by atoms with Crippen LogP contribution in [0.1, 0.15) is 12.7 Å². The Morgan fingerprint density at radius 1 is 1.32 bits per heavy atom. The van der Waals surface area contributed by atoms with Gasteiger partial charge in [-0.2, -0.15) is 0 Å². The number of pyridine rings is 1. The third-order valence-corrected chi connectivity index (χ3v) is 5.39. The van der Waals surface area contributed by atoms with Crippen molar-refractivity contribution < 1.29 is 13.2 Å². The van der Waals surface area contributed by atoms with Crippen molar-refractivity contribution >= 4 is 32.8 Å². The molecule has 0 aliphatic carbocycles. The van der Waals surface area contributed by atoms with Crippen LogP contribution in [-0.2, 0) is 23.1 Å². The lowest BCUT2D eigenvalue weighted by Gasteiger charge is -2.11. The van der Waals surface area contributed by atoms with Crippen molar-refractivity contribution in [2.75, 3.05) is 7.11 Å². The van der Waals surface area contributed by atoms with Gasteiger partial charge in [-0.1, -0.05) is 11.6 Å². The molecule has 3 aromatic rings. The predicted octanol–water partition coefficient (Wildman–Crippen LogP) is 2.59. The van der Waals surface area contributed by atoms with Crippen LogP contribution in [-0.4, -0.2) is 30.1 Å². The van der Waals surface area contributed by atoms with Crippen LogP contribution in [0.5, 0.6) is 5.75 Å². The molecule has 9 heteroatoms. The number of halogens is 1. The van der Waals surface area contributed by atoms with Crippen molar-refractivity contribution in [1.82, 2.24) is 19.3 Å². The van der Waals surface area contributed by atoms with Crippen molar-refractivity contribution in [2.24, 2.45) is 0 Å². The Morgan fingerprint density at radius 2 is 2.12 bits per heavy atom. The number of aryl methyl sites for hydroxylation is 1. The van der Waals surface area contributed by atoms with Crippen LogP contribution in [0, 0.1) is 0 Å². The van der Waals surface area contributed by atoms with E-state index in [1.807, 2.05) is 17.6 Å². The number of imidazole rings is 1. The number of methoxy groups -OCH3 is 1. The summed E-state index contributed by atoms with van der Waals surface area (Å²) in [4.78, 5) is 8.74. The van der Waals surface area contributed by atoms with Gasteiger partial charge in [-0.05, 0) is 37.3 Å². The number of nitrogens with zero attached hydrogens (tertiary/aromatic N) is 3. The second-order valence-electron chi connectivity index (χ2n) is 5.24. The molecule has 0 radical (unpaired) electrons. The van der Waals surface area contributed by atoms with Gasteiger partial charge in [0.05, 0.1) is 13.7 Å². The van der Waals surface area contributed by atoms with E-state index in [2.05, 4.69) is 14.7 Å². The van der Waals surface area contributed by atoms with Gasteiger partial charge < -0.3 is 9.30 Å². The zero-order chi connectivity index (χ0) is 18.0. The van der Waals surface area contributed by atoms with Crippen molar-refractivity contribution in [1.29, 1.82) is 0 Å². The minimum atomic E-state index is -3.82. The fraction of sp³-hybridized carbons (Fsp3) is 0.250. The van der Waals surface area contributed by atoms with Gasteiger partial charge in [0.1, 0.15) is 22.0 Å². The summed E-state index contributed by atoms with van der Waals surface area (Å²) in [5.41, 5.74) is 1.44. The van der Waals surface area contributed by atoms with Crippen molar-refractivity contribution in [2.45, 2.75) is 24.9 Å². The summed E-state index contributed by atoms with van der Waals surface area (Å²) in [5, 5.41) is 0.311. The van der Waals surface area contributed by atoms with Crippen LogP contribution in [0.2, 0.25) is 5.02 Å². The van der Waals surface area contributed by atoms with E-state index >= 15 is 0 Å². The summed E-state index contributed by atoms with van der Waals surface area (Å²) in [6, 6.07) is 8.07. The quantitative estimate of drug-likeness (QED) is 0.710. The molecule has 0 unspecified atom stereocenters. The molecule has 1 aromatic carbocycles. The van der Waals surface area contributed by atoms with Gasteiger partial charge in [-0.15, -0.1) is 0 Å². The minimum Gasteiger partial charge on any atom is -0.495 e. The predicted molar refractivity (Wildman–Crippen MR) is 95.2 cm³/mol.